The predicted molar refractivity (Wildman–Crippen MR) is 70.6 cm³/mol. The molecule has 1 aromatic heterocycles. The second-order valence-corrected chi connectivity index (χ2v) is 4.53. The van der Waals surface area contributed by atoms with E-state index in [0.29, 0.717) is 12.5 Å². The molecule has 4 heteroatoms. The molecule has 0 spiro atoms. The number of nitrogens with two attached hydrogens (primary N) is 2. The van der Waals surface area contributed by atoms with Crippen molar-refractivity contribution in [2.45, 2.75) is 26.3 Å². The second-order valence-electron chi connectivity index (χ2n) is 4.53. The Bertz CT molecular complexity index is 499. The summed E-state index contributed by atoms with van der Waals surface area (Å²) in [6.45, 7) is 4.70. The number of aromatic nitrogens is 2. The molecule has 0 fully saturated rings. The van der Waals surface area contributed by atoms with Crippen LogP contribution in [0.1, 0.15) is 30.8 Å². The zero-order chi connectivity index (χ0) is 12.4. The number of fused-ring (bicyclic) bond motifs is 1. The smallest absolute Gasteiger partial charge is 0.104 e. The van der Waals surface area contributed by atoms with Crippen molar-refractivity contribution >= 4 is 11.0 Å². The number of hydrogen-bond acceptors (Lipinski definition) is 3. The monoisotopic (exact) mass is 232 g/mol. The third kappa shape index (κ3) is 2.33. The van der Waals surface area contributed by atoms with Crippen molar-refractivity contribution in [3.8, 4) is 0 Å². The van der Waals surface area contributed by atoms with Crippen LogP contribution in [0.15, 0.2) is 18.2 Å². The second kappa shape index (κ2) is 4.85. The fourth-order valence-electron chi connectivity index (χ4n) is 2.20. The lowest BCUT2D eigenvalue weighted by Gasteiger charge is -2.21. The fraction of sp³-hybridized carbons (Fsp3) is 0.462. The number of aromatic amines is 1. The minimum absolute atomic E-state index is 0.00185. The lowest BCUT2D eigenvalue weighted by molar-refractivity contribution is 0.428. The van der Waals surface area contributed by atoms with Crippen LogP contribution >= 0.6 is 0 Å². The molecule has 0 saturated heterocycles. The van der Waals surface area contributed by atoms with Gasteiger partial charge in [0.05, 0.1) is 11.0 Å². The largest absolute Gasteiger partial charge is 0.342 e. The summed E-state index contributed by atoms with van der Waals surface area (Å²) in [7, 11) is 0. The molecule has 4 nitrogen and oxygen atoms in total. The normalized spacial score (nSPS) is 15.1. The average molecular weight is 232 g/mol. The first-order chi connectivity index (χ1) is 8.15. The molecule has 0 aliphatic rings. The van der Waals surface area contributed by atoms with Gasteiger partial charge in [0.15, 0.2) is 0 Å². The van der Waals surface area contributed by atoms with Gasteiger partial charge in [-0.25, -0.2) is 4.98 Å². The highest BCUT2D eigenvalue weighted by atomic mass is 14.9. The minimum Gasteiger partial charge on any atom is -0.342 e. The van der Waals surface area contributed by atoms with E-state index in [-0.39, 0.29) is 6.04 Å². The maximum Gasteiger partial charge on any atom is 0.104 e. The number of benzene rings is 1. The van der Waals surface area contributed by atoms with Crippen LogP contribution in [0, 0.1) is 12.8 Å². The summed E-state index contributed by atoms with van der Waals surface area (Å²) in [5.74, 6) is 1.26. The van der Waals surface area contributed by atoms with Crippen molar-refractivity contribution in [1.29, 1.82) is 0 Å². The number of nitrogens with zero attached hydrogens (tertiary/aromatic N) is 1. The first kappa shape index (κ1) is 12.1. The van der Waals surface area contributed by atoms with E-state index in [9.17, 15) is 0 Å². The summed E-state index contributed by atoms with van der Waals surface area (Å²) >= 11 is 0. The van der Waals surface area contributed by atoms with Crippen LogP contribution < -0.4 is 11.5 Å². The predicted octanol–water partition coefficient (Wildman–Crippen LogP) is 1.86. The van der Waals surface area contributed by atoms with Crippen LogP contribution in [0.3, 0.4) is 0 Å². The lowest BCUT2D eigenvalue weighted by Crippen LogP contribution is -2.27. The van der Waals surface area contributed by atoms with Gasteiger partial charge in [0.1, 0.15) is 5.82 Å². The molecule has 2 rings (SSSR count). The number of hydrogen-bond donors (Lipinski definition) is 3. The van der Waals surface area contributed by atoms with Gasteiger partial charge in [-0.1, -0.05) is 19.4 Å². The molecule has 2 unspecified atom stereocenters. The van der Waals surface area contributed by atoms with Gasteiger partial charge in [-0.05, 0) is 37.1 Å². The Hall–Kier alpha value is -1.39. The highest BCUT2D eigenvalue weighted by Crippen LogP contribution is 2.24. The summed E-state index contributed by atoms with van der Waals surface area (Å²) in [6.07, 6.45) is 0.998. The van der Waals surface area contributed by atoms with Gasteiger partial charge >= 0.3 is 0 Å². The number of nitrogens with one attached hydrogen (secondary N) is 1. The van der Waals surface area contributed by atoms with Crippen LogP contribution in [-0.2, 0) is 0 Å². The van der Waals surface area contributed by atoms with Crippen LogP contribution in [0.4, 0.5) is 0 Å². The van der Waals surface area contributed by atoms with Crippen LogP contribution in [0.25, 0.3) is 11.0 Å². The third-order valence-electron chi connectivity index (χ3n) is 3.34. The molecule has 0 aliphatic carbocycles. The molecule has 2 aromatic rings. The Morgan fingerprint density at radius 2 is 2.18 bits per heavy atom. The fourth-order valence-corrected chi connectivity index (χ4v) is 2.20. The summed E-state index contributed by atoms with van der Waals surface area (Å²) in [4.78, 5) is 7.61. The number of H-pyrrole nitrogens is 1. The van der Waals surface area contributed by atoms with Crippen molar-refractivity contribution in [2.24, 2.45) is 17.4 Å². The molecule has 0 saturated carbocycles. The molecule has 1 heterocycles. The van der Waals surface area contributed by atoms with E-state index >= 15 is 0 Å². The van der Waals surface area contributed by atoms with E-state index in [1.54, 1.807) is 0 Å². The van der Waals surface area contributed by atoms with Crippen LogP contribution in [-0.4, -0.2) is 16.5 Å². The zero-order valence-corrected chi connectivity index (χ0v) is 10.4. The topological polar surface area (TPSA) is 80.7 Å². The molecule has 92 valence electrons. The maximum absolute atomic E-state index is 6.24. The van der Waals surface area contributed by atoms with Gasteiger partial charge in [-0.15, -0.1) is 0 Å². The Morgan fingerprint density at radius 3 is 2.82 bits per heavy atom. The first-order valence-corrected chi connectivity index (χ1v) is 6.07. The van der Waals surface area contributed by atoms with E-state index < -0.39 is 0 Å². The van der Waals surface area contributed by atoms with E-state index in [0.717, 1.165) is 28.8 Å². The van der Waals surface area contributed by atoms with Gasteiger partial charge in [0.25, 0.3) is 0 Å². The molecule has 1 aromatic carbocycles. The molecule has 0 radical (unpaired) electrons. The number of rotatable bonds is 4. The molecular weight excluding hydrogens is 212 g/mol. The Kier molecular flexibility index (Phi) is 3.45. The van der Waals surface area contributed by atoms with Crippen LogP contribution in [0.2, 0.25) is 0 Å². The van der Waals surface area contributed by atoms with Gasteiger partial charge in [0.2, 0.25) is 0 Å². The summed E-state index contributed by atoms with van der Waals surface area (Å²) in [5.41, 5.74) is 15.1. The minimum atomic E-state index is -0.00185. The van der Waals surface area contributed by atoms with E-state index in [2.05, 4.69) is 23.0 Å². The van der Waals surface area contributed by atoms with E-state index in [1.807, 2.05) is 19.1 Å². The summed E-state index contributed by atoms with van der Waals surface area (Å²) < 4.78 is 0. The SMILES string of the molecule is CCC(CN)C(N)c1ccc2nc(C)[nH]c2c1. The highest BCUT2D eigenvalue weighted by molar-refractivity contribution is 5.76. The molecule has 0 bridgehead atoms. The first-order valence-electron chi connectivity index (χ1n) is 6.07. The van der Waals surface area contributed by atoms with E-state index in [4.69, 9.17) is 11.5 Å². The maximum atomic E-state index is 6.24. The molecule has 0 aliphatic heterocycles. The summed E-state index contributed by atoms with van der Waals surface area (Å²) in [6, 6.07) is 6.14. The number of aryl methyl sites for hydroxylation is 1. The number of imidazole rings is 1. The molecule has 0 amide bonds. The van der Waals surface area contributed by atoms with Gasteiger partial charge in [-0.2, -0.15) is 0 Å². The quantitative estimate of drug-likeness (QED) is 0.752. The molecule has 17 heavy (non-hydrogen) atoms. The van der Waals surface area contributed by atoms with Crippen molar-refractivity contribution < 1.29 is 0 Å². The van der Waals surface area contributed by atoms with Gasteiger partial charge < -0.3 is 16.5 Å². The molecule has 5 N–H and O–H groups in total. The standard InChI is InChI=1S/C13H20N4/c1-3-9(7-14)13(15)10-4-5-11-12(6-10)17-8(2)16-11/h4-6,9,13H,3,7,14-15H2,1-2H3,(H,16,17). The van der Waals surface area contributed by atoms with Crippen molar-refractivity contribution in [2.75, 3.05) is 6.54 Å². The van der Waals surface area contributed by atoms with Crippen molar-refractivity contribution in [3.63, 3.8) is 0 Å². The lowest BCUT2D eigenvalue weighted by atomic mass is 9.91. The van der Waals surface area contributed by atoms with E-state index in [1.165, 1.54) is 0 Å². The average Bonchev–Trinajstić information content (AvgIpc) is 2.69. The summed E-state index contributed by atoms with van der Waals surface area (Å²) in [5, 5.41) is 0. The Labute approximate surface area is 101 Å². The van der Waals surface area contributed by atoms with Crippen molar-refractivity contribution in [3.05, 3.63) is 29.6 Å². The zero-order valence-electron chi connectivity index (χ0n) is 10.4. The molecule has 2 atom stereocenters. The van der Waals surface area contributed by atoms with Gasteiger partial charge in [0, 0.05) is 6.04 Å². The third-order valence-corrected chi connectivity index (χ3v) is 3.34. The Balaban J connectivity index is 2.34. The van der Waals surface area contributed by atoms with Crippen LogP contribution in [0.5, 0.6) is 0 Å². The Morgan fingerprint density at radius 1 is 1.41 bits per heavy atom. The van der Waals surface area contributed by atoms with Crippen molar-refractivity contribution in [1.82, 2.24) is 9.97 Å². The van der Waals surface area contributed by atoms with Gasteiger partial charge in [-0.3, -0.25) is 0 Å². The highest BCUT2D eigenvalue weighted by Gasteiger charge is 2.16. The molecular formula is C13H20N4.